The third-order valence-electron chi connectivity index (χ3n) is 4.12. The Morgan fingerprint density at radius 3 is 2.77 bits per heavy atom. The van der Waals surface area contributed by atoms with Gasteiger partial charge in [-0.2, -0.15) is 5.26 Å². The second-order valence-corrected chi connectivity index (χ2v) is 7.06. The van der Waals surface area contributed by atoms with Crippen LogP contribution in [0, 0.1) is 11.3 Å². The first-order valence-electron chi connectivity index (χ1n) is 7.51. The highest BCUT2D eigenvalue weighted by atomic mass is 32.1. The number of nitrogens with zero attached hydrogens (tertiary/aromatic N) is 3. The van der Waals surface area contributed by atoms with Gasteiger partial charge in [0.25, 0.3) is 0 Å². The van der Waals surface area contributed by atoms with Crippen LogP contribution in [0.1, 0.15) is 42.0 Å². The van der Waals surface area contributed by atoms with Crippen LogP contribution in [0.5, 0.6) is 0 Å². The molecule has 114 valence electrons. The lowest BCUT2D eigenvalue weighted by molar-refractivity contribution is 0.403. The summed E-state index contributed by atoms with van der Waals surface area (Å²) in [5.41, 5.74) is 9.78. The molecular weight excluding hydrogens is 292 g/mol. The molecule has 0 saturated heterocycles. The van der Waals surface area contributed by atoms with Crippen molar-refractivity contribution in [1.82, 2.24) is 9.88 Å². The van der Waals surface area contributed by atoms with Gasteiger partial charge in [-0.3, -0.25) is 0 Å². The minimum atomic E-state index is 0.365. The number of rotatable bonds is 4. The van der Waals surface area contributed by atoms with Crippen molar-refractivity contribution < 1.29 is 0 Å². The Morgan fingerprint density at radius 2 is 2.18 bits per heavy atom. The number of hydrogen-bond donors (Lipinski definition) is 1. The zero-order chi connectivity index (χ0) is 15.7. The average Bonchev–Trinajstić information content (AvgIpc) is 2.83. The summed E-state index contributed by atoms with van der Waals surface area (Å²) in [7, 11) is 4.11. The van der Waals surface area contributed by atoms with Crippen molar-refractivity contribution in [2.24, 2.45) is 0 Å². The second-order valence-electron chi connectivity index (χ2n) is 6.15. The second kappa shape index (κ2) is 6.07. The fourth-order valence-electron chi connectivity index (χ4n) is 2.78. The summed E-state index contributed by atoms with van der Waals surface area (Å²) in [6.07, 6.45) is 3.61. The number of nitrogens with two attached hydrogens (primary N) is 1. The van der Waals surface area contributed by atoms with Crippen LogP contribution in [0.4, 0.5) is 5.82 Å². The Bertz CT molecular complexity index is 723. The molecule has 3 rings (SSSR count). The molecule has 2 N–H and O–H groups in total. The van der Waals surface area contributed by atoms with E-state index in [-0.39, 0.29) is 0 Å². The number of nitriles is 1. The fraction of sp³-hybridized carbons (Fsp3) is 0.412. The maximum absolute atomic E-state index is 9.44. The van der Waals surface area contributed by atoms with Crippen molar-refractivity contribution in [3.05, 3.63) is 34.3 Å². The highest BCUT2D eigenvalue weighted by molar-refractivity contribution is 7.13. The minimum Gasteiger partial charge on any atom is -0.383 e. The van der Waals surface area contributed by atoms with Crippen LogP contribution in [0.25, 0.3) is 10.4 Å². The van der Waals surface area contributed by atoms with Gasteiger partial charge in [-0.1, -0.05) is 6.42 Å². The van der Waals surface area contributed by atoms with Crippen molar-refractivity contribution in [1.29, 1.82) is 5.26 Å². The average molecular weight is 312 g/mol. The topological polar surface area (TPSA) is 65.9 Å². The van der Waals surface area contributed by atoms with E-state index in [0.29, 0.717) is 17.3 Å². The number of anilines is 1. The molecule has 1 fully saturated rings. The molecule has 2 aromatic rings. The summed E-state index contributed by atoms with van der Waals surface area (Å²) in [5, 5.41) is 11.6. The molecule has 0 amide bonds. The fourth-order valence-corrected chi connectivity index (χ4v) is 3.70. The molecule has 5 heteroatoms. The molecule has 4 nitrogen and oxygen atoms in total. The highest BCUT2D eigenvalue weighted by Crippen LogP contribution is 2.39. The lowest BCUT2D eigenvalue weighted by Gasteiger charge is -2.25. The van der Waals surface area contributed by atoms with E-state index in [1.165, 1.54) is 24.8 Å². The molecule has 0 unspecified atom stereocenters. The van der Waals surface area contributed by atoms with Crippen LogP contribution in [0.15, 0.2) is 17.5 Å². The van der Waals surface area contributed by atoms with Gasteiger partial charge in [0.1, 0.15) is 17.5 Å². The maximum atomic E-state index is 9.44. The van der Waals surface area contributed by atoms with Crippen LogP contribution in [0.3, 0.4) is 0 Å². The number of pyridine rings is 1. The molecule has 0 radical (unpaired) electrons. The number of thiophene rings is 1. The lowest BCUT2D eigenvalue weighted by atomic mass is 9.82. The third-order valence-corrected chi connectivity index (χ3v) is 5.13. The minimum absolute atomic E-state index is 0.365. The van der Waals surface area contributed by atoms with Gasteiger partial charge in [0.05, 0.1) is 0 Å². The molecule has 0 bridgehead atoms. The standard InChI is InChI=1S/C17H20N4S/c1-21(2)9-11-6-16(22-10-11)13-7-15(12-4-3-5-12)20-17(19)14(13)8-18/h6-7,10,12H,3-5,9H2,1-2H3,(H2,19,20). The maximum Gasteiger partial charge on any atom is 0.142 e. The van der Waals surface area contributed by atoms with Crippen LogP contribution < -0.4 is 5.73 Å². The molecule has 1 saturated carbocycles. The van der Waals surface area contributed by atoms with Gasteiger partial charge in [0.2, 0.25) is 0 Å². The summed E-state index contributed by atoms with van der Waals surface area (Å²) in [4.78, 5) is 7.70. The Morgan fingerprint density at radius 1 is 1.41 bits per heavy atom. The first-order valence-corrected chi connectivity index (χ1v) is 8.39. The Hall–Kier alpha value is -1.90. The third kappa shape index (κ3) is 2.85. The Labute approximate surface area is 135 Å². The molecule has 1 aliphatic rings. The van der Waals surface area contributed by atoms with E-state index in [1.54, 1.807) is 11.3 Å². The first-order chi connectivity index (χ1) is 10.6. The molecular formula is C17H20N4S. The van der Waals surface area contributed by atoms with E-state index < -0.39 is 0 Å². The summed E-state index contributed by atoms with van der Waals surface area (Å²) in [6, 6.07) is 6.45. The van der Waals surface area contributed by atoms with Crippen molar-refractivity contribution in [3.63, 3.8) is 0 Å². The molecule has 0 spiro atoms. The Balaban J connectivity index is 2.02. The molecule has 0 atom stereocenters. The van der Waals surface area contributed by atoms with E-state index in [9.17, 15) is 5.26 Å². The van der Waals surface area contributed by atoms with Gasteiger partial charge in [-0.15, -0.1) is 11.3 Å². The van der Waals surface area contributed by atoms with Crippen molar-refractivity contribution in [2.75, 3.05) is 19.8 Å². The van der Waals surface area contributed by atoms with Gasteiger partial charge in [-0.05, 0) is 50.0 Å². The normalized spacial score (nSPS) is 14.8. The largest absolute Gasteiger partial charge is 0.383 e. The molecule has 0 aliphatic heterocycles. The predicted octanol–water partition coefficient (Wildman–Crippen LogP) is 3.59. The molecule has 22 heavy (non-hydrogen) atoms. The number of hydrogen-bond acceptors (Lipinski definition) is 5. The number of aromatic nitrogens is 1. The van der Waals surface area contributed by atoms with Crippen LogP contribution >= 0.6 is 11.3 Å². The smallest absolute Gasteiger partial charge is 0.142 e. The van der Waals surface area contributed by atoms with Crippen LogP contribution in [-0.4, -0.2) is 24.0 Å². The van der Waals surface area contributed by atoms with Crippen molar-refractivity contribution >= 4 is 17.2 Å². The van der Waals surface area contributed by atoms with Crippen molar-refractivity contribution in [3.8, 4) is 16.5 Å². The van der Waals surface area contributed by atoms with Gasteiger partial charge in [0, 0.05) is 28.6 Å². The van der Waals surface area contributed by atoms with Crippen LogP contribution in [0.2, 0.25) is 0 Å². The van der Waals surface area contributed by atoms with E-state index in [2.05, 4.69) is 47.6 Å². The molecule has 1 aliphatic carbocycles. The van der Waals surface area contributed by atoms with E-state index in [4.69, 9.17) is 5.73 Å². The summed E-state index contributed by atoms with van der Waals surface area (Å²) < 4.78 is 0. The highest BCUT2D eigenvalue weighted by Gasteiger charge is 2.24. The predicted molar refractivity (Wildman–Crippen MR) is 90.7 cm³/mol. The first kappa shape index (κ1) is 15.0. The summed E-state index contributed by atoms with van der Waals surface area (Å²) >= 11 is 1.67. The molecule has 2 aromatic heterocycles. The lowest BCUT2D eigenvalue weighted by Crippen LogP contribution is -2.12. The zero-order valence-electron chi connectivity index (χ0n) is 13.0. The monoisotopic (exact) mass is 312 g/mol. The van der Waals surface area contributed by atoms with E-state index in [0.717, 1.165) is 22.7 Å². The van der Waals surface area contributed by atoms with Gasteiger partial charge < -0.3 is 10.6 Å². The van der Waals surface area contributed by atoms with Gasteiger partial charge >= 0.3 is 0 Å². The zero-order valence-corrected chi connectivity index (χ0v) is 13.8. The van der Waals surface area contributed by atoms with E-state index >= 15 is 0 Å². The van der Waals surface area contributed by atoms with Gasteiger partial charge in [-0.25, -0.2) is 4.98 Å². The SMILES string of the molecule is CN(C)Cc1csc(-c2cc(C3CCC3)nc(N)c2C#N)c1. The molecule has 2 heterocycles. The van der Waals surface area contributed by atoms with E-state index in [1.807, 2.05) is 0 Å². The molecule has 0 aromatic carbocycles. The quantitative estimate of drug-likeness (QED) is 0.937. The Kier molecular flexibility index (Phi) is 4.14. The van der Waals surface area contributed by atoms with Gasteiger partial charge in [0.15, 0.2) is 0 Å². The summed E-state index contributed by atoms with van der Waals surface area (Å²) in [6.45, 7) is 0.897. The number of nitrogen functional groups attached to an aromatic ring is 1. The van der Waals surface area contributed by atoms with Crippen molar-refractivity contribution in [2.45, 2.75) is 31.7 Å². The summed E-state index contributed by atoms with van der Waals surface area (Å²) in [5.74, 6) is 0.875. The van der Waals surface area contributed by atoms with Crippen LogP contribution in [-0.2, 0) is 6.54 Å².